The van der Waals surface area contributed by atoms with Gasteiger partial charge in [-0.2, -0.15) is 0 Å². The first kappa shape index (κ1) is 9.45. The summed E-state index contributed by atoms with van der Waals surface area (Å²) in [6, 6.07) is 5.94. The van der Waals surface area contributed by atoms with E-state index in [0.29, 0.717) is 0 Å². The van der Waals surface area contributed by atoms with Crippen LogP contribution >= 0.6 is 11.3 Å². The molecular formula is C10H12N2OS. The van der Waals surface area contributed by atoms with Crippen LogP contribution in [-0.4, -0.2) is 0 Å². The Bertz CT molecular complexity index is 394. The molecule has 0 aromatic carbocycles. The van der Waals surface area contributed by atoms with Crippen LogP contribution in [0.25, 0.3) is 0 Å². The predicted molar refractivity (Wildman–Crippen MR) is 56.9 cm³/mol. The van der Waals surface area contributed by atoms with Crippen LogP contribution in [0.5, 0.6) is 0 Å². The Kier molecular flexibility index (Phi) is 2.67. The minimum Gasteiger partial charge on any atom is -0.467 e. The van der Waals surface area contributed by atoms with E-state index >= 15 is 0 Å². The van der Waals surface area contributed by atoms with Crippen molar-refractivity contribution in [3.05, 3.63) is 46.0 Å². The zero-order valence-electron chi connectivity index (χ0n) is 7.86. The lowest BCUT2D eigenvalue weighted by Crippen LogP contribution is -2.28. The molecule has 0 fully saturated rings. The summed E-state index contributed by atoms with van der Waals surface area (Å²) in [5.41, 5.74) is 3.88. The van der Waals surface area contributed by atoms with Gasteiger partial charge >= 0.3 is 0 Å². The van der Waals surface area contributed by atoms with Crippen molar-refractivity contribution in [2.75, 3.05) is 0 Å². The fourth-order valence-electron chi connectivity index (χ4n) is 1.42. The Morgan fingerprint density at radius 1 is 1.50 bits per heavy atom. The molecule has 2 aromatic heterocycles. The van der Waals surface area contributed by atoms with Gasteiger partial charge in [-0.1, -0.05) is 6.07 Å². The van der Waals surface area contributed by atoms with Crippen molar-refractivity contribution < 1.29 is 4.42 Å². The second-order valence-corrected chi connectivity index (χ2v) is 4.06. The molecule has 74 valence electrons. The van der Waals surface area contributed by atoms with Crippen molar-refractivity contribution in [2.24, 2.45) is 5.84 Å². The van der Waals surface area contributed by atoms with Crippen molar-refractivity contribution in [3.8, 4) is 0 Å². The number of thiophene rings is 1. The quantitative estimate of drug-likeness (QED) is 0.600. The Morgan fingerprint density at radius 2 is 2.36 bits per heavy atom. The fourth-order valence-corrected chi connectivity index (χ4v) is 2.21. The zero-order chi connectivity index (χ0) is 9.97. The molecule has 0 bridgehead atoms. The molecule has 4 heteroatoms. The second-order valence-electron chi connectivity index (χ2n) is 3.08. The monoisotopic (exact) mass is 208 g/mol. The van der Waals surface area contributed by atoms with E-state index in [1.54, 1.807) is 17.6 Å². The summed E-state index contributed by atoms with van der Waals surface area (Å²) < 4.78 is 5.41. The first-order valence-electron chi connectivity index (χ1n) is 4.36. The van der Waals surface area contributed by atoms with Crippen LogP contribution in [0.15, 0.2) is 34.3 Å². The molecule has 3 N–H and O–H groups in total. The largest absolute Gasteiger partial charge is 0.467 e. The number of hydrogen-bond donors (Lipinski definition) is 2. The zero-order valence-corrected chi connectivity index (χ0v) is 8.67. The van der Waals surface area contributed by atoms with Crippen LogP contribution in [0.3, 0.4) is 0 Å². The lowest BCUT2D eigenvalue weighted by atomic mass is 10.1. The number of nitrogens with two attached hydrogens (primary N) is 1. The maximum atomic E-state index is 5.52. The number of rotatable bonds is 3. The van der Waals surface area contributed by atoms with Gasteiger partial charge in [-0.25, -0.2) is 5.43 Å². The average molecular weight is 208 g/mol. The summed E-state index contributed by atoms with van der Waals surface area (Å²) in [5.74, 6) is 6.40. The minimum atomic E-state index is -0.0370. The number of nitrogens with one attached hydrogen (secondary N) is 1. The number of aryl methyl sites for hydroxylation is 1. The molecule has 1 atom stereocenters. The Balaban J connectivity index is 2.36. The molecule has 0 radical (unpaired) electrons. The van der Waals surface area contributed by atoms with Crippen LogP contribution < -0.4 is 11.3 Å². The van der Waals surface area contributed by atoms with E-state index in [0.717, 1.165) is 16.2 Å². The van der Waals surface area contributed by atoms with E-state index in [4.69, 9.17) is 10.3 Å². The molecule has 0 saturated carbocycles. The predicted octanol–water partition coefficient (Wildman–Crippen LogP) is 2.20. The van der Waals surface area contributed by atoms with Crippen molar-refractivity contribution in [1.82, 2.24) is 5.43 Å². The van der Waals surface area contributed by atoms with E-state index in [1.165, 1.54) is 0 Å². The van der Waals surface area contributed by atoms with E-state index in [1.807, 2.05) is 30.5 Å². The van der Waals surface area contributed by atoms with Gasteiger partial charge < -0.3 is 4.42 Å². The molecule has 2 aromatic rings. The Hall–Kier alpha value is -1.10. The molecule has 0 aliphatic heterocycles. The van der Waals surface area contributed by atoms with Crippen LogP contribution in [-0.2, 0) is 0 Å². The van der Waals surface area contributed by atoms with Gasteiger partial charge in [0.2, 0.25) is 0 Å². The van der Waals surface area contributed by atoms with Gasteiger partial charge in [0.05, 0.1) is 6.26 Å². The third-order valence-corrected chi connectivity index (χ3v) is 3.10. The first-order chi connectivity index (χ1) is 6.83. The summed E-state index contributed by atoms with van der Waals surface area (Å²) in [7, 11) is 0. The number of furan rings is 1. The number of hydrazine groups is 1. The highest BCUT2D eigenvalue weighted by atomic mass is 32.1. The van der Waals surface area contributed by atoms with Gasteiger partial charge in [0.1, 0.15) is 11.8 Å². The van der Waals surface area contributed by atoms with Crippen molar-refractivity contribution in [2.45, 2.75) is 13.0 Å². The molecule has 1 unspecified atom stereocenters. The van der Waals surface area contributed by atoms with Crippen molar-refractivity contribution >= 4 is 11.3 Å². The van der Waals surface area contributed by atoms with E-state index in [-0.39, 0.29) is 6.04 Å². The average Bonchev–Trinajstić information content (AvgIpc) is 2.80. The van der Waals surface area contributed by atoms with Crippen LogP contribution in [0.4, 0.5) is 0 Å². The third kappa shape index (κ3) is 1.59. The van der Waals surface area contributed by atoms with E-state index < -0.39 is 0 Å². The topological polar surface area (TPSA) is 51.2 Å². The van der Waals surface area contributed by atoms with Crippen LogP contribution in [0.2, 0.25) is 0 Å². The SMILES string of the molecule is Cc1ccoc1C(NN)c1cccs1. The molecular weight excluding hydrogens is 196 g/mol. The molecule has 0 spiro atoms. The van der Waals surface area contributed by atoms with Crippen molar-refractivity contribution in [3.63, 3.8) is 0 Å². The molecule has 3 nitrogen and oxygen atoms in total. The molecule has 2 rings (SSSR count). The fraction of sp³-hybridized carbons (Fsp3) is 0.200. The maximum absolute atomic E-state index is 5.52. The smallest absolute Gasteiger partial charge is 0.130 e. The van der Waals surface area contributed by atoms with Gasteiger partial charge in [-0.15, -0.1) is 11.3 Å². The lowest BCUT2D eigenvalue weighted by molar-refractivity contribution is 0.452. The highest BCUT2D eigenvalue weighted by molar-refractivity contribution is 7.10. The van der Waals surface area contributed by atoms with E-state index in [2.05, 4.69) is 5.43 Å². The summed E-state index contributed by atoms with van der Waals surface area (Å²) >= 11 is 1.66. The minimum absolute atomic E-state index is 0.0370. The lowest BCUT2D eigenvalue weighted by Gasteiger charge is -2.12. The molecule has 2 heterocycles. The highest BCUT2D eigenvalue weighted by Crippen LogP contribution is 2.27. The number of hydrogen-bond acceptors (Lipinski definition) is 4. The summed E-state index contributed by atoms with van der Waals surface area (Å²) in [6.45, 7) is 2.01. The van der Waals surface area contributed by atoms with Crippen LogP contribution in [0, 0.1) is 6.92 Å². The molecule has 0 amide bonds. The summed E-state index contributed by atoms with van der Waals surface area (Å²) in [6.07, 6.45) is 1.68. The Labute approximate surface area is 86.5 Å². The second kappa shape index (κ2) is 3.96. The van der Waals surface area contributed by atoms with Gasteiger partial charge in [0, 0.05) is 4.88 Å². The normalized spacial score (nSPS) is 13.0. The van der Waals surface area contributed by atoms with Gasteiger partial charge in [-0.3, -0.25) is 5.84 Å². The third-order valence-electron chi connectivity index (χ3n) is 2.16. The molecule has 0 aliphatic carbocycles. The van der Waals surface area contributed by atoms with Gasteiger partial charge in [0.15, 0.2) is 0 Å². The highest BCUT2D eigenvalue weighted by Gasteiger charge is 2.18. The standard InChI is InChI=1S/C10H12N2OS/c1-7-4-5-13-10(7)9(12-11)8-3-2-6-14-8/h2-6,9,12H,11H2,1H3. The van der Waals surface area contributed by atoms with E-state index in [9.17, 15) is 0 Å². The first-order valence-corrected chi connectivity index (χ1v) is 5.24. The van der Waals surface area contributed by atoms with Gasteiger partial charge in [-0.05, 0) is 30.0 Å². The van der Waals surface area contributed by atoms with Gasteiger partial charge in [0.25, 0.3) is 0 Å². The summed E-state index contributed by atoms with van der Waals surface area (Å²) in [4.78, 5) is 1.16. The molecule has 14 heavy (non-hydrogen) atoms. The summed E-state index contributed by atoms with van der Waals surface area (Å²) in [5, 5.41) is 2.03. The molecule has 0 saturated heterocycles. The Morgan fingerprint density at radius 3 is 2.86 bits per heavy atom. The molecule has 0 aliphatic rings. The van der Waals surface area contributed by atoms with Crippen molar-refractivity contribution in [1.29, 1.82) is 0 Å². The van der Waals surface area contributed by atoms with Crippen LogP contribution in [0.1, 0.15) is 22.2 Å². The maximum Gasteiger partial charge on any atom is 0.130 e.